The smallest absolute Gasteiger partial charge is 0.140 e. The van der Waals surface area contributed by atoms with Crippen molar-refractivity contribution in [3.05, 3.63) is 22.8 Å². The van der Waals surface area contributed by atoms with Gasteiger partial charge in [-0.05, 0) is 34.5 Å². The van der Waals surface area contributed by atoms with Crippen LogP contribution < -0.4 is 5.32 Å². The maximum absolute atomic E-state index is 5.26. The van der Waals surface area contributed by atoms with E-state index in [0.717, 1.165) is 29.9 Å². The van der Waals surface area contributed by atoms with E-state index in [2.05, 4.69) is 26.2 Å². The lowest BCUT2D eigenvalue weighted by atomic mass is 10.2. The highest BCUT2D eigenvalue weighted by Crippen LogP contribution is 2.20. The third-order valence-electron chi connectivity index (χ3n) is 2.03. The highest BCUT2D eigenvalue weighted by atomic mass is 79.9. The third kappa shape index (κ3) is 2.19. The zero-order valence-electron chi connectivity index (χ0n) is 7.16. The number of ether oxygens (including phenoxy) is 1. The zero-order chi connectivity index (χ0) is 9.10. The average molecular weight is 243 g/mol. The molecule has 0 aliphatic carbocycles. The molecule has 2 rings (SSSR count). The van der Waals surface area contributed by atoms with E-state index < -0.39 is 0 Å². The summed E-state index contributed by atoms with van der Waals surface area (Å²) in [6, 6.07) is 4.29. The molecule has 0 radical (unpaired) electrons. The van der Waals surface area contributed by atoms with Crippen LogP contribution in [0.2, 0.25) is 0 Å². The summed E-state index contributed by atoms with van der Waals surface area (Å²) in [4.78, 5) is 4.23. The van der Waals surface area contributed by atoms with Crippen molar-refractivity contribution in [2.75, 3.05) is 18.5 Å². The quantitative estimate of drug-likeness (QED) is 0.863. The molecule has 2 heterocycles. The van der Waals surface area contributed by atoms with Crippen LogP contribution in [0.1, 0.15) is 6.42 Å². The lowest BCUT2D eigenvalue weighted by Crippen LogP contribution is -2.19. The summed E-state index contributed by atoms with van der Waals surface area (Å²) >= 11 is 3.44. The zero-order valence-corrected chi connectivity index (χ0v) is 8.75. The molecule has 0 aromatic carbocycles. The Bertz CT molecular complexity index is 287. The van der Waals surface area contributed by atoms with Gasteiger partial charge in [-0.25, -0.2) is 4.98 Å². The highest BCUT2D eigenvalue weighted by molar-refractivity contribution is 9.10. The first-order chi connectivity index (χ1) is 6.36. The van der Waals surface area contributed by atoms with Crippen LogP contribution in [0.25, 0.3) is 0 Å². The predicted octanol–water partition coefficient (Wildman–Crippen LogP) is 2.04. The highest BCUT2D eigenvalue weighted by Gasteiger charge is 2.16. The van der Waals surface area contributed by atoms with Crippen LogP contribution in [-0.2, 0) is 4.74 Å². The molecule has 1 aliphatic rings. The molecule has 1 fully saturated rings. The Hall–Kier alpha value is -0.610. The van der Waals surface area contributed by atoms with Crippen molar-refractivity contribution in [1.29, 1.82) is 0 Å². The molecule has 0 spiro atoms. The van der Waals surface area contributed by atoms with Gasteiger partial charge < -0.3 is 10.1 Å². The van der Waals surface area contributed by atoms with Crippen molar-refractivity contribution in [2.45, 2.75) is 12.5 Å². The van der Waals surface area contributed by atoms with E-state index in [0.29, 0.717) is 6.04 Å². The first kappa shape index (κ1) is 8.97. The van der Waals surface area contributed by atoms with Gasteiger partial charge in [0.05, 0.1) is 17.1 Å². The molecule has 0 saturated carbocycles. The van der Waals surface area contributed by atoms with Crippen molar-refractivity contribution in [1.82, 2.24) is 4.98 Å². The molecular formula is C9H11BrN2O. The predicted molar refractivity (Wildman–Crippen MR) is 54.8 cm³/mol. The van der Waals surface area contributed by atoms with Gasteiger partial charge in [-0.2, -0.15) is 0 Å². The normalized spacial score (nSPS) is 21.8. The summed E-state index contributed by atoms with van der Waals surface area (Å²) in [7, 11) is 0. The first-order valence-corrected chi connectivity index (χ1v) is 5.10. The van der Waals surface area contributed by atoms with E-state index in [1.165, 1.54) is 0 Å². The van der Waals surface area contributed by atoms with Gasteiger partial charge in [-0.3, -0.25) is 0 Å². The number of halogens is 1. The molecule has 1 aromatic rings. The van der Waals surface area contributed by atoms with Crippen LogP contribution >= 0.6 is 15.9 Å². The molecule has 1 N–H and O–H groups in total. The minimum Gasteiger partial charge on any atom is -0.379 e. The van der Waals surface area contributed by atoms with Gasteiger partial charge in [0, 0.05) is 12.8 Å². The van der Waals surface area contributed by atoms with Crippen LogP contribution in [-0.4, -0.2) is 24.2 Å². The summed E-state index contributed by atoms with van der Waals surface area (Å²) in [6.07, 6.45) is 2.84. The van der Waals surface area contributed by atoms with Crippen molar-refractivity contribution in [3.8, 4) is 0 Å². The van der Waals surface area contributed by atoms with Crippen molar-refractivity contribution >= 4 is 21.7 Å². The molecule has 0 bridgehead atoms. The molecule has 70 valence electrons. The fraction of sp³-hybridized carbons (Fsp3) is 0.444. The molecule has 1 aliphatic heterocycles. The molecule has 13 heavy (non-hydrogen) atoms. The monoisotopic (exact) mass is 242 g/mol. The van der Waals surface area contributed by atoms with Crippen LogP contribution in [0.4, 0.5) is 5.82 Å². The molecule has 0 amide bonds. The van der Waals surface area contributed by atoms with Gasteiger partial charge >= 0.3 is 0 Å². The molecule has 1 unspecified atom stereocenters. The molecule has 1 saturated heterocycles. The fourth-order valence-corrected chi connectivity index (χ4v) is 1.70. The van der Waals surface area contributed by atoms with Gasteiger partial charge in [0.2, 0.25) is 0 Å². The number of rotatable bonds is 2. The van der Waals surface area contributed by atoms with E-state index in [9.17, 15) is 0 Å². The second-order valence-corrected chi connectivity index (χ2v) is 3.89. The summed E-state index contributed by atoms with van der Waals surface area (Å²) in [5.74, 6) is 0.901. The lowest BCUT2D eigenvalue weighted by molar-refractivity contribution is 0.195. The Kier molecular flexibility index (Phi) is 2.80. The van der Waals surface area contributed by atoms with E-state index in [4.69, 9.17) is 4.74 Å². The van der Waals surface area contributed by atoms with Gasteiger partial charge in [0.1, 0.15) is 5.82 Å². The number of nitrogens with zero attached hydrogens (tertiary/aromatic N) is 1. The molecule has 1 atom stereocenters. The Morgan fingerprint density at radius 2 is 2.54 bits per heavy atom. The topological polar surface area (TPSA) is 34.2 Å². The number of aromatic nitrogens is 1. The van der Waals surface area contributed by atoms with Crippen LogP contribution in [0.15, 0.2) is 22.8 Å². The second kappa shape index (κ2) is 4.07. The Labute approximate surface area is 85.6 Å². The fourth-order valence-electron chi connectivity index (χ4n) is 1.33. The first-order valence-electron chi connectivity index (χ1n) is 4.31. The van der Waals surface area contributed by atoms with Gasteiger partial charge in [0.25, 0.3) is 0 Å². The largest absolute Gasteiger partial charge is 0.379 e. The van der Waals surface area contributed by atoms with E-state index >= 15 is 0 Å². The Balaban J connectivity index is 2.04. The van der Waals surface area contributed by atoms with Crippen LogP contribution in [0.3, 0.4) is 0 Å². The molecule has 4 heteroatoms. The third-order valence-corrected chi connectivity index (χ3v) is 2.67. The standard InChI is InChI=1S/C9H11BrN2O/c10-8-2-1-4-11-9(8)12-7-3-5-13-6-7/h1-2,4,7H,3,5-6H2,(H,11,12). The van der Waals surface area contributed by atoms with Crippen LogP contribution in [0, 0.1) is 0 Å². The number of pyridine rings is 1. The number of anilines is 1. The molecular weight excluding hydrogens is 232 g/mol. The van der Waals surface area contributed by atoms with Crippen molar-refractivity contribution < 1.29 is 4.74 Å². The molecule has 3 nitrogen and oxygen atoms in total. The summed E-state index contributed by atoms with van der Waals surface area (Å²) in [5, 5.41) is 3.33. The average Bonchev–Trinajstić information content (AvgIpc) is 2.61. The van der Waals surface area contributed by atoms with E-state index in [1.807, 2.05) is 12.1 Å². The van der Waals surface area contributed by atoms with Crippen molar-refractivity contribution in [2.24, 2.45) is 0 Å². The lowest BCUT2D eigenvalue weighted by Gasteiger charge is -2.11. The Morgan fingerprint density at radius 3 is 3.23 bits per heavy atom. The minimum absolute atomic E-state index is 0.409. The van der Waals surface area contributed by atoms with Gasteiger partial charge in [-0.1, -0.05) is 0 Å². The minimum atomic E-state index is 0.409. The summed E-state index contributed by atoms with van der Waals surface area (Å²) in [6.45, 7) is 1.63. The Morgan fingerprint density at radius 1 is 1.62 bits per heavy atom. The SMILES string of the molecule is Brc1cccnc1NC1CCOC1. The maximum Gasteiger partial charge on any atom is 0.140 e. The maximum atomic E-state index is 5.26. The molecule has 1 aromatic heterocycles. The summed E-state index contributed by atoms with van der Waals surface area (Å²) < 4.78 is 6.27. The van der Waals surface area contributed by atoms with Crippen molar-refractivity contribution in [3.63, 3.8) is 0 Å². The van der Waals surface area contributed by atoms with E-state index in [-0.39, 0.29) is 0 Å². The summed E-state index contributed by atoms with van der Waals surface area (Å²) in [5.41, 5.74) is 0. The van der Waals surface area contributed by atoms with E-state index in [1.54, 1.807) is 6.20 Å². The van der Waals surface area contributed by atoms with Gasteiger partial charge in [-0.15, -0.1) is 0 Å². The van der Waals surface area contributed by atoms with Gasteiger partial charge in [0.15, 0.2) is 0 Å². The number of hydrogen-bond acceptors (Lipinski definition) is 3. The number of hydrogen-bond donors (Lipinski definition) is 1. The van der Waals surface area contributed by atoms with Crippen LogP contribution in [0.5, 0.6) is 0 Å². The second-order valence-electron chi connectivity index (χ2n) is 3.04. The number of nitrogens with one attached hydrogen (secondary N) is 1.